The third-order valence-corrected chi connectivity index (χ3v) is 4.21. The highest BCUT2D eigenvalue weighted by atomic mass is 16.2. The number of carbonyl (C=O) groups is 1. The van der Waals surface area contributed by atoms with Crippen LogP contribution in [0.25, 0.3) is 0 Å². The molecule has 0 spiro atoms. The molecule has 3 aromatic carbocycles. The summed E-state index contributed by atoms with van der Waals surface area (Å²) in [6.45, 7) is 0.866. The predicted molar refractivity (Wildman–Crippen MR) is 108 cm³/mol. The third-order valence-electron chi connectivity index (χ3n) is 4.21. The Kier molecular flexibility index (Phi) is 6.21. The summed E-state index contributed by atoms with van der Waals surface area (Å²) in [4.78, 5) is 15.0. The summed E-state index contributed by atoms with van der Waals surface area (Å²) < 4.78 is 0. The van der Waals surface area contributed by atoms with E-state index in [1.807, 2.05) is 84.9 Å². The summed E-state index contributed by atoms with van der Waals surface area (Å²) >= 11 is 0. The van der Waals surface area contributed by atoms with Crippen molar-refractivity contribution in [3.05, 3.63) is 96.1 Å². The van der Waals surface area contributed by atoms with Gasteiger partial charge in [0.25, 0.3) is 5.91 Å². The van der Waals surface area contributed by atoms with Crippen molar-refractivity contribution >= 4 is 17.3 Å². The van der Waals surface area contributed by atoms with E-state index in [0.29, 0.717) is 25.1 Å². The zero-order chi connectivity index (χ0) is 18.9. The Morgan fingerprint density at radius 1 is 0.889 bits per heavy atom. The van der Waals surface area contributed by atoms with Gasteiger partial charge < -0.3 is 10.2 Å². The van der Waals surface area contributed by atoms with Crippen LogP contribution in [0.2, 0.25) is 0 Å². The molecular formula is C23H21N3O. The van der Waals surface area contributed by atoms with E-state index < -0.39 is 0 Å². The molecule has 0 aromatic heterocycles. The number of hydrogen-bond donors (Lipinski definition) is 1. The van der Waals surface area contributed by atoms with Gasteiger partial charge in [0.15, 0.2) is 0 Å². The van der Waals surface area contributed by atoms with Gasteiger partial charge >= 0.3 is 0 Å². The fourth-order valence-electron chi connectivity index (χ4n) is 2.87. The summed E-state index contributed by atoms with van der Waals surface area (Å²) in [6, 6.07) is 29.2. The molecule has 0 heterocycles. The Morgan fingerprint density at radius 3 is 2.22 bits per heavy atom. The standard InChI is InChI=1S/C23H21N3O/c24-16-9-17-26(18-19-10-3-1-4-11-19)23(27)21-14-7-8-15-22(21)25-20-12-5-2-6-13-20/h1-8,10-15,25H,9,17-18H2. The van der Waals surface area contributed by atoms with Crippen LogP contribution in [0, 0.1) is 11.3 Å². The average molecular weight is 355 g/mol. The van der Waals surface area contributed by atoms with Gasteiger partial charge in [-0.25, -0.2) is 0 Å². The molecule has 0 unspecified atom stereocenters. The number of para-hydroxylation sites is 2. The second-order valence-electron chi connectivity index (χ2n) is 6.16. The smallest absolute Gasteiger partial charge is 0.256 e. The average Bonchev–Trinajstić information content (AvgIpc) is 2.72. The van der Waals surface area contributed by atoms with Crippen molar-refractivity contribution in [2.45, 2.75) is 13.0 Å². The SMILES string of the molecule is N#CCCN(Cc1ccccc1)C(=O)c1ccccc1Nc1ccccc1. The molecule has 3 rings (SSSR count). The molecule has 0 saturated heterocycles. The highest BCUT2D eigenvalue weighted by molar-refractivity contribution is 6.00. The fraction of sp³-hybridized carbons (Fsp3) is 0.130. The monoisotopic (exact) mass is 355 g/mol. The molecular weight excluding hydrogens is 334 g/mol. The summed E-state index contributed by atoms with van der Waals surface area (Å²) in [5, 5.41) is 12.3. The molecule has 0 aliphatic rings. The number of anilines is 2. The molecule has 134 valence electrons. The van der Waals surface area contributed by atoms with Crippen LogP contribution in [-0.2, 0) is 6.54 Å². The Hall–Kier alpha value is -3.58. The van der Waals surface area contributed by atoms with Gasteiger partial charge in [0.1, 0.15) is 0 Å². The van der Waals surface area contributed by atoms with Gasteiger partial charge in [-0.1, -0.05) is 60.7 Å². The zero-order valence-corrected chi connectivity index (χ0v) is 15.0. The van der Waals surface area contributed by atoms with Crippen molar-refractivity contribution in [3.8, 4) is 6.07 Å². The van der Waals surface area contributed by atoms with Crippen molar-refractivity contribution in [2.75, 3.05) is 11.9 Å². The molecule has 27 heavy (non-hydrogen) atoms. The normalized spacial score (nSPS) is 10.0. The lowest BCUT2D eigenvalue weighted by molar-refractivity contribution is 0.0748. The van der Waals surface area contributed by atoms with E-state index in [1.54, 1.807) is 4.90 Å². The van der Waals surface area contributed by atoms with E-state index in [4.69, 9.17) is 5.26 Å². The lowest BCUT2D eigenvalue weighted by Gasteiger charge is -2.23. The Bertz CT molecular complexity index is 917. The van der Waals surface area contributed by atoms with Gasteiger partial charge in [0.2, 0.25) is 0 Å². The van der Waals surface area contributed by atoms with Crippen LogP contribution in [0.4, 0.5) is 11.4 Å². The van der Waals surface area contributed by atoms with E-state index in [0.717, 1.165) is 16.9 Å². The van der Waals surface area contributed by atoms with E-state index in [2.05, 4.69) is 11.4 Å². The van der Waals surface area contributed by atoms with E-state index in [1.165, 1.54) is 0 Å². The first-order valence-electron chi connectivity index (χ1n) is 8.89. The van der Waals surface area contributed by atoms with Gasteiger partial charge in [0, 0.05) is 18.8 Å². The molecule has 0 fully saturated rings. The third kappa shape index (κ3) is 4.96. The summed E-state index contributed by atoms with van der Waals surface area (Å²) in [7, 11) is 0. The Balaban J connectivity index is 1.86. The van der Waals surface area contributed by atoms with Gasteiger partial charge in [-0.15, -0.1) is 0 Å². The first-order valence-corrected chi connectivity index (χ1v) is 8.89. The van der Waals surface area contributed by atoms with Gasteiger partial charge in [-0.2, -0.15) is 5.26 Å². The van der Waals surface area contributed by atoms with Crippen LogP contribution in [0.5, 0.6) is 0 Å². The van der Waals surface area contributed by atoms with E-state index >= 15 is 0 Å². The molecule has 4 nitrogen and oxygen atoms in total. The largest absolute Gasteiger partial charge is 0.355 e. The van der Waals surface area contributed by atoms with Crippen LogP contribution in [0.1, 0.15) is 22.3 Å². The molecule has 0 radical (unpaired) electrons. The maximum atomic E-state index is 13.2. The second kappa shape index (κ2) is 9.21. The maximum absolute atomic E-state index is 13.2. The molecule has 0 aliphatic heterocycles. The Labute approximate surface area is 159 Å². The molecule has 1 N–H and O–H groups in total. The second-order valence-corrected chi connectivity index (χ2v) is 6.16. The van der Waals surface area contributed by atoms with Crippen LogP contribution in [-0.4, -0.2) is 17.4 Å². The number of amides is 1. The van der Waals surface area contributed by atoms with E-state index in [9.17, 15) is 4.79 Å². The van der Waals surface area contributed by atoms with Gasteiger partial charge in [0.05, 0.1) is 23.7 Å². The molecule has 0 saturated carbocycles. The number of nitrogens with zero attached hydrogens (tertiary/aromatic N) is 2. The van der Waals surface area contributed by atoms with Crippen LogP contribution < -0.4 is 5.32 Å². The van der Waals surface area contributed by atoms with E-state index in [-0.39, 0.29) is 5.91 Å². The van der Waals surface area contributed by atoms with Crippen LogP contribution in [0.3, 0.4) is 0 Å². The Morgan fingerprint density at radius 2 is 1.52 bits per heavy atom. The quantitative estimate of drug-likeness (QED) is 0.650. The molecule has 0 bridgehead atoms. The lowest BCUT2D eigenvalue weighted by atomic mass is 10.1. The minimum absolute atomic E-state index is 0.0897. The first-order chi connectivity index (χ1) is 13.3. The first kappa shape index (κ1) is 18.2. The highest BCUT2D eigenvalue weighted by Gasteiger charge is 2.19. The van der Waals surface area contributed by atoms with Crippen molar-refractivity contribution in [2.24, 2.45) is 0 Å². The summed E-state index contributed by atoms with van der Waals surface area (Å²) in [6.07, 6.45) is 0.298. The zero-order valence-electron chi connectivity index (χ0n) is 15.0. The number of hydrogen-bond acceptors (Lipinski definition) is 3. The molecule has 0 atom stereocenters. The number of nitriles is 1. The highest BCUT2D eigenvalue weighted by Crippen LogP contribution is 2.23. The van der Waals surface area contributed by atoms with Crippen molar-refractivity contribution in [1.82, 2.24) is 4.90 Å². The fourth-order valence-corrected chi connectivity index (χ4v) is 2.87. The number of rotatable bonds is 7. The number of benzene rings is 3. The topological polar surface area (TPSA) is 56.1 Å². The van der Waals surface area contributed by atoms with Gasteiger partial charge in [-0.3, -0.25) is 4.79 Å². The minimum atomic E-state index is -0.0897. The molecule has 1 amide bonds. The maximum Gasteiger partial charge on any atom is 0.256 e. The predicted octanol–water partition coefficient (Wildman–Crippen LogP) is 4.99. The number of carbonyl (C=O) groups excluding carboxylic acids is 1. The van der Waals surface area contributed by atoms with Crippen LogP contribution >= 0.6 is 0 Å². The number of nitrogens with one attached hydrogen (secondary N) is 1. The van der Waals surface area contributed by atoms with Crippen molar-refractivity contribution < 1.29 is 4.79 Å². The summed E-state index contributed by atoms with van der Waals surface area (Å²) in [5.41, 5.74) is 3.31. The van der Waals surface area contributed by atoms with Crippen molar-refractivity contribution in [1.29, 1.82) is 5.26 Å². The molecule has 0 aliphatic carbocycles. The molecule has 3 aromatic rings. The van der Waals surface area contributed by atoms with Gasteiger partial charge in [-0.05, 0) is 29.8 Å². The minimum Gasteiger partial charge on any atom is -0.355 e. The van der Waals surface area contributed by atoms with Crippen molar-refractivity contribution in [3.63, 3.8) is 0 Å². The van der Waals surface area contributed by atoms with Crippen LogP contribution in [0.15, 0.2) is 84.9 Å². The molecule has 4 heteroatoms. The summed E-state index contributed by atoms with van der Waals surface area (Å²) in [5.74, 6) is -0.0897. The lowest BCUT2D eigenvalue weighted by Crippen LogP contribution is -2.31.